The molecule has 1 rings (SSSR count). The number of nitrogens with one attached hydrogen (secondary N) is 1. The van der Waals surface area contributed by atoms with Crippen LogP contribution in [0, 0.1) is 0 Å². The molecular formula is C10H18N2O. The predicted molar refractivity (Wildman–Crippen MR) is 54.0 cm³/mol. The minimum absolute atomic E-state index is 0.436. The second-order valence-electron chi connectivity index (χ2n) is 3.51. The maximum Gasteiger partial charge on any atom is 0.294 e. The first-order valence-corrected chi connectivity index (χ1v) is 4.93. The van der Waals surface area contributed by atoms with Crippen LogP contribution in [0.25, 0.3) is 0 Å². The first kappa shape index (κ1) is 10.1. The quantitative estimate of drug-likeness (QED) is 0.711. The van der Waals surface area contributed by atoms with Crippen molar-refractivity contribution in [3.05, 3.63) is 12.0 Å². The van der Waals surface area contributed by atoms with Crippen molar-refractivity contribution in [1.29, 1.82) is 0 Å². The maximum absolute atomic E-state index is 5.25. The normalized spacial score (nSPS) is 10.8. The molecule has 1 heterocycles. The summed E-state index contributed by atoms with van der Waals surface area (Å²) in [6, 6.07) is 0.650. The van der Waals surface area contributed by atoms with Gasteiger partial charge >= 0.3 is 0 Å². The van der Waals surface area contributed by atoms with E-state index in [1.54, 1.807) is 6.26 Å². The van der Waals surface area contributed by atoms with Crippen LogP contribution in [0.3, 0.4) is 0 Å². The Bertz CT molecular complexity index is 243. The smallest absolute Gasteiger partial charge is 0.294 e. The van der Waals surface area contributed by atoms with E-state index in [9.17, 15) is 0 Å². The van der Waals surface area contributed by atoms with Crippen LogP contribution in [-0.2, 0) is 0 Å². The van der Waals surface area contributed by atoms with Crippen LogP contribution < -0.4 is 5.32 Å². The number of hydrogen-bond donors (Lipinski definition) is 1. The molecule has 0 atom stereocenters. The number of nitrogens with zero attached hydrogens (tertiary/aromatic N) is 1. The molecule has 13 heavy (non-hydrogen) atoms. The Balaban J connectivity index is 2.40. The molecule has 0 aliphatic carbocycles. The van der Waals surface area contributed by atoms with E-state index in [0.29, 0.717) is 11.9 Å². The molecule has 0 spiro atoms. The number of aromatic nitrogens is 1. The van der Waals surface area contributed by atoms with Crippen molar-refractivity contribution >= 4 is 6.01 Å². The minimum atomic E-state index is 0.436. The standard InChI is InChI=1S/C10H18N2O/c1-4-5-6-11-10-12-9(7-13-10)8(2)3/h7-8H,4-6H2,1-3H3,(H,11,12). The monoisotopic (exact) mass is 182 g/mol. The van der Waals surface area contributed by atoms with Crippen molar-refractivity contribution in [2.75, 3.05) is 11.9 Å². The first-order valence-electron chi connectivity index (χ1n) is 4.93. The third kappa shape index (κ3) is 3.09. The fraction of sp³-hybridized carbons (Fsp3) is 0.700. The fourth-order valence-electron chi connectivity index (χ4n) is 1.00. The van der Waals surface area contributed by atoms with Crippen LogP contribution in [0.4, 0.5) is 6.01 Å². The van der Waals surface area contributed by atoms with Gasteiger partial charge in [-0.05, 0) is 12.3 Å². The van der Waals surface area contributed by atoms with Crippen molar-refractivity contribution in [2.45, 2.75) is 39.5 Å². The van der Waals surface area contributed by atoms with Gasteiger partial charge in [0.05, 0.1) is 5.69 Å². The Labute approximate surface area is 79.5 Å². The van der Waals surface area contributed by atoms with E-state index in [-0.39, 0.29) is 0 Å². The van der Waals surface area contributed by atoms with E-state index >= 15 is 0 Å². The van der Waals surface area contributed by atoms with Crippen LogP contribution >= 0.6 is 0 Å². The van der Waals surface area contributed by atoms with Crippen molar-refractivity contribution in [2.24, 2.45) is 0 Å². The van der Waals surface area contributed by atoms with Gasteiger partial charge in [-0.25, -0.2) is 0 Å². The van der Waals surface area contributed by atoms with E-state index in [1.165, 1.54) is 6.42 Å². The summed E-state index contributed by atoms with van der Waals surface area (Å²) in [7, 11) is 0. The van der Waals surface area contributed by atoms with Gasteiger partial charge in [0.15, 0.2) is 0 Å². The minimum Gasteiger partial charge on any atom is -0.432 e. The van der Waals surface area contributed by atoms with E-state index in [1.807, 2.05) is 0 Å². The molecule has 0 saturated heterocycles. The van der Waals surface area contributed by atoms with Crippen molar-refractivity contribution in [3.8, 4) is 0 Å². The summed E-state index contributed by atoms with van der Waals surface area (Å²) in [5.74, 6) is 0.436. The number of unbranched alkanes of at least 4 members (excludes halogenated alkanes) is 1. The molecule has 0 aliphatic heterocycles. The first-order chi connectivity index (χ1) is 6.24. The lowest BCUT2D eigenvalue weighted by atomic mass is 10.2. The van der Waals surface area contributed by atoms with Crippen LogP contribution in [-0.4, -0.2) is 11.5 Å². The topological polar surface area (TPSA) is 38.1 Å². The lowest BCUT2D eigenvalue weighted by molar-refractivity contribution is 0.566. The van der Waals surface area contributed by atoms with Crippen molar-refractivity contribution in [3.63, 3.8) is 0 Å². The Hall–Kier alpha value is -0.990. The lowest BCUT2D eigenvalue weighted by Crippen LogP contribution is -2.01. The predicted octanol–water partition coefficient (Wildman–Crippen LogP) is 3.01. The largest absolute Gasteiger partial charge is 0.432 e. The van der Waals surface area contributed by atoms with Crippen LogP contribution in [0.15, 0.2) is 10.7 Å². The zero-order chi connectivity index (χ0) is 9.68. The third-order valence-corrected chi connectivity index (χ3v) is 1.92. The molecule has 1 aromatic heterocycles. The highest BCUT2D eigenvalue weighted by Gasteiger charge is 2.05. The van der Waals surface area contributed by atoms with E-state index in [0.717, 1.165) is 18.7 Å². The van der Waals surface area contributed by atoms with Crippen molar-refractivity contribution in [1.82, 2.24) is 4.98 Å². The average Bonchev–Trinajstić information content (AvgIpc) is 2.53. The molecule has 1 N–H and O–H groups in total. The fourth-order valence-corrected chi connectivity index (χ4v) is 1.00. The Morgan fingerprint density at radius 2 is 2.31 bits per heavy atom. The number of rotatable bonds is 5. The lowest BCUT2D eigenvalue weighted by Gasteiger charge is -1.98. The number of anilines is 1. The Morgan fingerprint density at radius 1 is 1.54 bits per heavy atom. The molecule has 0 radical (unpaired) electrons. The van der Waals surface area contributed by atoms with Crippen LogP contribution in [0.2, 0.25) is 0 Å². The molecule has 1 aromatic rings. The molecule has 0 bridgehead atoms. The maximum atomic E-state index is 5.25. The van der Waals surface area contributed by atoms with Gasteiger partial charge in [0.2, 0.25) is 0 Å². The SMILES string of the molecule is CCCCNc1nc(C(C)C)co1. The molecule has 3 heteroatoms. The molecule has 0 fully saturated rings. The summed E-state index contributed by atoms with van der Waals surface area (Å²) in [6.45, 7) is 7.31. The zero-order valence-electron chi connectivity index (χ0n) is 8.63. The van der Waals surface area contributed by atoms with Gasteiger partial charge in [-0.3, -0.25) is 0 Å². The molecule has 0 saturated carbocycles. The number of oxazole rings is 1. The van der Waals surface area contributed by atoms with Crippen LogP contribution in [0.1, 0.15) is 45.2 Å². The second-order valence-corrected chi connectivity index (χ2v) is 3.51. The number of hydrogen-bond acceptors (Lipinski definition) is 3. The highest BCUT2D eigenvalue weighted by Crippen LogP contribution is 2.15. The molecular weight excluding hydrogens is 164 g/mol. The summed E-state index contributed by atoms with van der Waals surface area (Å²) < 4.78 is 5.25. The molecule has 0 aromatic carbocycles. The van der Waals surface area contributed by atoms with Gasteiger partial charge in [0.25, 0.3) is 6.01 Å². The summed E-state index contributed by atoms with van der Waals surface area (Å²) in [6.07, 6.45) is 4.06. The van der Waals surface area contributed by atoms with Gasteiger partial charge < -0.3 is 9.73 Å². The van der Waals surface area contributed by atoms with E-state index in [2.05, 4.69) is 31.1 Å². The Morgan fingerprint density at radius 3 is 2.85 bits per heavy atom. The van der Waals surface area contributed by atoms with Gasteiger partial charge in [0.1, 0.15) is 6.26 Å². The average molecular weight is 182 g/mol. The highest BCUT2D eigenvalue weighted by molar-refractivity contribution is 5.21. The summed E-state index contributed by atoms with van der Waals surface area (Å²) in [5.41, 5.74) is 1.01. The second kappa shape index (κ2) is 4.90. The molecule has 74 valence electrons. The van der Waals surface area contributed by atoms with Gasteiger partial charge in [-0.1, -0.05) is 27.2 Å². The molecule has 0 amide bonds. The van der Waals surface area contributed by atoms with E-state index in [4.69, 9.17) is 4.42 Å². The van der Waals surface area contributed by atoms with Crippen molar-refractivity contribution < 1.29 is 4.42 Å². The molecule has 0 aliphatic rings. The van der Waals surface area contributed by atoms with Gasteiger partial charge in [0, 0.05) is 6.54 Å². The van der Waals surface area contributed by atoms with Crippen LogP contribution in [0.5, 0.6) is 0 Å². The zero-order valence-corrected chi connectivity index (χ0v) is 8.63. The summed E-state index contributed by atoms with van der Waals surface area (Å²) in [4.78, 5) is 4.30. The molecule has 3 nitrogen and oxygen atoms in total. The van der Waals surface area contributed by atoms with Gasteiger partial charge in [-0.2, -0.15) is 4.98 Å². The third-order valence-electron chi connectivity index (χ3n) is 1.92. The highest BCUT2D eigenvalue weighted by atomic mass is 16.4. The summed E-state index contributed by atoms with van der Waals surface area (Å²) >= 11 is 0. The summed E-state index contributed by atoms with van der Waals surface area (Å²) in [5, 5.41) is 3.14. The molecule has 0 unspecified atom stereocenters. The Kier molecular flexibility index (Phi) is 3.80. The van der Waals surface area contributed by atoms with Gasteiger partial charge in [-0.15, -0.1) is 0 Å². The van der Waals surface area contributed by atoms with E-state index < -0.39 is 0 Å².